The van der Waals surface area contributed by atoms with Gasteiger partial charge in [0.05, 0.1) is 21.7 Å². The van der Waals surface area contributed by atoms with Gasteiger partial charge in [-0.1, -0.05) is 35.9 Å². The summed E-state index contributed by atoms with van der Waals surface area (Å²) < 4.78 is 26.2. The standard InChI is InChI=1S/C23H18ClNO4S/c1-30(28,29)22-5-3-2-4-21(22)25-11-10-17-13-15(6-9-20(17)25)12-16-7-8-18(24)14-19(16)23(26)27/h2-11,13-14H,12H2,1H3,(H,26,27). The minimum Gasteiger partial charge on any atom is -0.478 e. The van der Waals surface area contributed by atoms with Gasteiger partial charge in [0, 0.05) is 22.9 Å². The van der Waals surface area contributed by atoms with Crippen molar-refractivity contribution in [3.05, 3.63) is 94.6 Å². The van der Waals surface area contributed by atoms with E-state index in [1.54, 1.807) is 36.4 Å². The van der Waals surface area contributed by atoms with Gasteiger partial charge in [0.1, 0.15) is 0 Å². The fourth-order valence-corrected chi connectivity index (χ4v) is 4.65. The average molecular weight is 440 g/mol. The maximum atomic E-state index is 12.2. The highest BCUT2D eigenvalue weighted by molar-refractivity contribution is 7.90. The third-order valence-corrected chi connectivity index (χ3v) is 6.36. The Kier molecular flexibility index (Phi) is 5.13. The predicted octanol–water partition coefficient (Wildman–Crippen LogP) is 4.98. The zero-order chi connectivity index (χ0) is 21.5. The second kappa shape index (κ2) is 7.63. The predicted molar refractivity (Wildman–Crippen MR) is 118 cm³/mol. The molecule has 7 heteroatoms. The molecule has 1 N–H and O–H groups in total. The van der Waals surface area contributed by atoms with E-state index in [1.807, 2.05) is 35.0 Å². The molecule has 152 valence electrons. The number of aromatic nitrogens is 1. The van der Waals surface area contributed by atoms with E-state index >= 15 is 0 Å². The van der Waals surface area contributed by atoms with Crippen LogP contribution in [-0.4, -0.2) is 30.3 Å². The van der Waals surface area contributed by atoms with Gasteiger partial charge in [-0.05, 0) is 60.0 Å². The first-order chi connectivity index (χ1) is 14.2. The summed E-state index contributed by atoms with van der Waals surface area (Å²) in [5, 5.41) is 10.8. The van der Waals surface area contributed by atoms with Crippen molar-refractivity contribution in [2.75, 3.05) is 6.26 Å². The lowest BCUT2D eigenvalue weighted by Gasteiger charge is -2.11. The number of fused-ring (bicyclic) bond motifs is 1. The third-order valence-electron chi connectivity index (χ3n) is 4.98. The Hall–Kier alpha value is -3.09. The molecule has 0 saturated heterocycles. The molecule has 0 aliphatic carbocycles. The van der Waals surface area contributed by atoms with Crippen LogP contribution >= 0.6 is 11.6 Å². The van der Waals surface area contributed by atoms with Crippen molar-refractivity contribution < 1.29 is 18.3 Å². The van der Waals surface area contributed by atoms with Gasteiger partial charge in [-0.25, -0.2) is 13.2 Å². The van der Waals surface area contributed by atoms with Crippen molar-refractivity contribution in [2.45, 2.75) is 11.3 Å². The van der Waals surface area contributed by atoms with Crippen molar-refractivity contribution in [1.29, 1.82) is 0 Å². The number of rotatable bonds is 5. The first-order valence-corrected chi connectivity index (χ1v) is 11.4. The average Bonchev–Trinajstić information content (AvgIpc) is 3.11. The lowest BCUT2D eigenvalue weighted by atomic mass is 9.99. The largest absolute Gasteiger partial charge is 0.478 e. The van der Waals surface area contributed by atoms with Crippen molar-refractivity contribution in [2.24, 2.45) is 0 Å². The fourth-order valence-electron chi connectivity index (χ4n) is 3.60. The Morgan fingerprint density at radius 2 is 1.80 bits per heavy atom. The summed E-state index contributed by atoms with van der Waals surface area (Å²) in [6.45, 7) is 0. The molecule has 0 spiro atoms. The molecular formula is C23H18ClNO4S. The Morgan fingerprint density at radius 1 is 1.03 bits per heavy atom. The molecule has 0 aliphatic heterocycles. The van der Waals surface area contributed by atoms with E-state index in [0.717, 1.165) is 16.5 Å². The van der Waals surface area contributed by atoms with E-state index in [4.69, 9.17) is 11.6 Å². The molecule has 30 heavy (non-hydrogen) atoms. The zero-order valence-electron chi connectivity index (χ0n) is 16.0. The minimum absolute atomic E-state index is 0.183. The fraction of sp³-hybridized carbons (Fsp3) is 0.0870. The van der Waals surface area contributed by atoms with Crippen molar-refractivity contribution >= 4 is 38.3 Å². The number of hydrogen-bond donors (Lipinski definition) is 1. The number of carboxylic acids is 1. The molecule has 0 fully saturated rings. The molecule has 0 amide bonds. The summed E-state index contributed by atoms with van der Waals surface area (Å²) in [6.07, 6.45) is 3.48. The summed E-state index contributed by atoms with van der Waals surface area (Å²) in [4.78, 5) is 11.8. The number of hydrogen-bond acceptors (Lipinski definition) is 3. The van der Waals surface area contributed by atoms with Crippen LogP contribution in [0.15, 0.2) is 77.8 Å². The smallest absolute Gasteiger partial charge is 0.336 e. The van der Waals surface area contributed by atoms with E-state index in [0.29, 0.717) is 22.7 Å². The topological polar surface area (TPSA) is 76.4 Å². The van der Waals surface area contributed by atoms with Crippen LogP contribution < -0.4 is 0 Å². The zero-order valence-corrected chi connectivity index (χ0v) is 17.6. The van der Waals surface area contributed by atoms with E-state index in [1.165, 1.54) is 12.3 Å². The van der Waals surface area contributed by atoms with E-state index in [-0.39, 0.29) is 10.5 Å². The summed E-state index contributed by atoms with van der Waals surface area (Å²) in [5.74, 6) is -1.02. The highest BCUT2D eigenvalue weighted by Gasteiger charge is 2.16. The van der Waals surface area contributed by atoms with Crippen LogP contribution in [0.1, 0.15) is 21.5 Å². The molecule has 0 unspecified atom stereocenters. The second-order valence-electron chi connectivity index (χ2n) is 7.10. The first kappa shape index (κ1) is 20.2. The number of halogens is 1. The van der Waals surface area contributed by atoms with Gasteiger partial charge in [0.25, 0.3) is 0 Å². The third kappa shape index (κ3) is 3.84. The van der Waals surface area contributed by atoms with Crippen molar-refractivity contribution in [3.63, 3.8) is 0 Å². The lowest BCUT2D eigenvalue weighted by molar-refractivity contribution is 0.0696. The molecule has 5 nitrogen and oxygen atoms in total. The quantitative estimate of drug-likeness (QED) is 0.476. The maximum absolute atomic E-state index is 12.2. The molecule has 1 heterocycles. The number of para-hydroxylation sites is 1. The number of carboxylic acid groups (broad SMARTS) is 1. The maximum Gasteiger partial charge on any atom is 0.336 e. The second-order valence-corrected chi connectivity index (χ2v) is 9.52. The molecule has 4 aromatic rings. The van der Waals surface area contributed by atoms with Crippen LogP contribution in [0, 0.1) is 0 Å². The van der Waals surface area contributed by atoms with Crippen LogP contribution in [0.5, 0.6) is 0 Å². The summed E-state index contributed by atoms with van der Waals surface area (Å²) in [5.41, 5.74) is 3.26. The molecule has 0 saturated carbocycles. The SMILES string of the molecule is CS(=O)(=O)c1ccccc1-n1ccc2cc(Cc3ccc(Cl)cc3C(=O)O)ccc21. The molecule has 0 radical (unpaired) electrons. The van der Waals surface area contributed by atoms with Crippen LogP contribution in [0.4, 0.5) is 0 Å². The van der Waals surface area contributed by atoms with Gasteiger partial charge in [-0.15, -0.1) is 0 Å². The lowest BCUT2D eigenvalue weighted by Crippen LogP contribution is -2.04. The number of sulfone groups is 1. The summed E-state index contributed by atoms with van der Waals surface area (Å²) in [6, 6.07) is 19.5. The van der Waals surface area contributed by atoms with Gasteiger partial charge in [-0.2, -0.15) is 0 Å². The van der Waals surface area contributed by atoms with Gasteiger partial charge < -0.3 is 9.67 Å². The van der Waals surface area contributed by atoms with Gasteiger partial charge in [0.15, 0.2) is 9.84 Å². The molecular weight excluding hydrogens is 422 g/mol. The molecule has 0 bridgehead atoms. The monoisotopic (exact) mass is 439 g/mol. The molecule has 1 aromatic heterocycles. The Morgan fingerprint density at radius 3 is 2.53 bits per heavy atom. The van der Waals surface area contributed by atoms with Crippen molar-refractivity contribution in [1.82, 2.24) is 4.57 Å². The minimum atomic E-state index is -3.38. The molecule has 0 atom stereocenters. The molecule has 4 rings (SSSR count). The highest BCUT2D eigenvalue weighted by Crippen LogP contribution is 2.27. The number of benzene rings is 3. The number of carbonyl (C=O) groups is 1. The number of nitrogens with zero attached hydrogens (tertiary/aromatic N) is 1. The van der Waals surface area contributed by atoms with Crippen LogP contribution in [0.2, 0.25) is 5.02 Å². The summed E-state index contributed by atoms with van der Waals surface area (Å²) in [7, 11) is -3.38. The normalized spacial score (nSPS) is 11.7. The van der Waals surface area contributed by atoms with Crippen LogP contribution in [0.3, 0.4) is 0 Å². The number of aromatic carboxylic acids is 1. The Balaban J connectivity index is 1.76. The van der Waals surface area contributed by atoms with Gasteiger partial charge in [-0.3, -0.25) is 0 Å². The first-order valence-electron chi connectivity index (χ1n) is 9.15. The molecule has 0 aliphatic rings. The van der Waals surface area contributed by atoms with E-state index < -0.39 is 15.8 Å². The van der Waals surface area contributed by atoms with Gasteiger partial charge in [0.2, 0.25) is 0 Å². The van der Waals surface area contributed by atoms with E-state index in [9.17, 15) is 18.3 Å². The Bertz CT molecular complexity index is 1390. The van der Waals surface area contributed by atoms with Crippen LogP contribution in [-0.2, 0) is 16.3 Å². The Labute approximate surface area is 179 Å². The van der Waals surface area contributed by atoms with Crippen molar-refractivity contribution in [3.8, 4) is 5.69 Å². The summed E-state index contributed by atoms with van der Waals surface area (Å²) >= 11 is 5.94. The van der Waals surface area contributed by atoms with Crippen LogP contribution in [0.25, 0.3) is 16.6 Å². The van der Waals surface area contributed by atoms with Gasteiger partial charge >= 0.3 is 5.97 Å². The molecule has 3 aromatic carbocycles. The highest BCUT2D eigenvalue weighted by atomic mass is 35.5. The van der Waals surface area contributed by atoms with E-state index in [2.05, 4.69) is 0 Å².